The number of rotatable bonds is 1. The zero-order valence-electron chi connectivity index (χ0n) is 5.18. The first-order chi connectivity index (χ1) is 3.93. The van der Waals surface area contributed by atoms with Gasteiger partial charge in [-0.05, 0) is 6.42 Å². The summed E-state index contributed by atoms with van der Waals surface area (Å²) in [5.41, 5.74) is 0. The van der Waals surface area contributed by atoms with Crippen molar-refractivity contribution in [3.8, 4) is 0 Å². The quantitative estimate of drug-likeness (QED) is 0.566. The predicted octanol–water partition coefficient (Wildman–Crippen LogP) is 0.916. The molecule has 0 saturated carbocycles. The normalized spacial score (nSPS) is 30.4. The van der Waals surface area contributed by atoms with Crippen LogP contribution in [0.5, 0.6) is 0 Å². The van der Waals surface area contributed by atoms with Gasteiger partial charge in [0.1, 0.15) is 0 Å². The van der Waals surface area contributed by atoms with Crippen LogP contribution in [0.4, 0.5) is 0 Å². The van der Waals surface area contributed by atoms with Crippen molar-refractivity contribution >= 4 is 11.8 Å². The Morgan fingerprint density at radius 3 is 3.00 bits per heavy atom. The highest BCUT2D eigenvalue weighted by atomic mass is 32.2. The second kappa shape index (κ2) is 3.36. The van der Waals surface area contributed by atoms with Crippen LogP contribution >= 0.6 is 11.8 Å². The monoisotopic (exact) mass is 130 g/mol. The molecule has 1 unspecified atom stereocenters. The van der Waals surface area contributed by atoms with E-state index >= 15 is 0 Å². The summed E-state index contributed by atoms with van der Waals surface area (Å²) in [6.45, 7) is 4.49. The van der Waals surface area contributed by atoms with Gasteiger partial charge in [0.05, 0.1) is 0 Å². The van der Waals surface area contributed by atoms with E-state index in [-0.39, 0.29) is 0 Å². The maximum absolute atomic E-state index is 3.33. The van der Waals surface area contributed by atoms with E-state index in [2.05, 4.69) is 18.7 Å². The van der Waals surface area contributed by atoms with Gasteiger partial charge in [-0.25, -0.2) is 0 Å². The van der Waals surface area contributed by atoms with Gasteiger partial charge in [0, 0.05) is 24.1 Å². The highest BCUT2D eigenvalue weighted by Crippen LogP contribution is 2.14. The van der Waals surface area contributed by atoms with Crippen molar-refractivity contribution in [2.24, 2.45) is 0 Å². The topological polar surface area (TPSA) is 12.0 Å². The van der Waals surface area contributed by atoms with E-state index in [9.17, 15) is 0 Å². The molecule has 1 nitrogen and oxygen atoms in total. The lowest BCUT2D eigenvalue weighted by molar-refractivity contribution is 0.703. The molecule has 1 heterocycles. The molecule has 47 valence electrons. The van der Waals surface area contributed by atoms with Gasteiger partial charge in [-0.15, -0.1) is 0 Å². The molecular weight excluding hydrogens is 118 g/mol. The van der Waals surface area contributed by atoms with Crippen molar-refractivity contribution in [1.29, 1.82) is 0 Å². The maximum Gasteiger partial charge on any atom is 0.0201 e. The summed E-state index contributed by atoms with van der Waals surface area (Å²) in [7, 11) is 0. The first-order valence-corrected chi connectivity index (χ1v) is 4.10. The van der Waals surface area contributed by atoms with Gasteiger partial charge in [0.15, 0.2) is 0 Å². The van der Waals surface area contributed by atoms with E-state index in [0.29, 0.717) is 0 Å². The third-order valence-corrected chi connectivity index (χ3v) is 2.63. The Kier molecular flexibility index (Phi) is 2.70. The van der Waals surface area contributed by atoms with E-state index in [0.717, 1.165) is 5.25 Å². The van der Waals surface area contributed by atoms with Crippen molar-refractivity contribution in [3.63, 3.8) is 0 Å². The van der Waals surface area contributed by atoms with Gasteiger partial charge in [-0.1, -0.05) is 6.92 Å². The summed E-state index contributed by atoms with van der Waals surface area (Å²) in [6.07, 6.45) is 2.26. The van der Waals surface area contributed by atoms with E-state index in [4.69, 9.17) is 0 Å². The third kappa shape index (κ3) is 1.67. The van der Waals surface area contributed by atoms with E-state index < -0.39 is 0 Å². The zero-order valence-corrected chi connectivity index (χ0v) is 6.00. The molecule has 0 aromatic heterocycles. The van der Waals surface area contributed by atoms with Crippen LogP contribution in [0.2, 0.25) is 0 Å². The second-order valence-corrected chi connectivity index (χ2v) is 3.29. The fraction of sp³-hybridized carbons (Fsp3) is 0.833. The van der Waals surface area contributed by atoms with Crippen LogP contribution in [0.25, 0.3) is 0 Å². The van der Waals surface area contributed by atoms with Gasteiger partial charge in [-0.3, -0.25) is 0 Å². The summed E-state index contributed by atoms with van der Waals surface area (Å²) >= 11 is 2.05. The molecule has 0 aliphatic carbocycles. The largest absolute Gasteiger partial charge is 0.315 e. The number of hydrogen-bond donors (Lipinski definition) is 1. The van der Waals surface area contributed by atoms with Crippen LogP contribution in [0.1, 0.15) is 6.92 Å². The molecule has 2 heteroatoms. The van der Waals surface area contributed by atoms with Crippen molar-refractivity contribution < 1.29 is 0 Å². The molecule has 0 amide bonds. The van der Waals surface area contributed by atoms with Crippen molar-refractivity contribution in [2.75, 3.05) is 18.8 Å². The first-order valence-electron chi connectivity index (χ1n) is 3.05. The Labute approximate surface area is 55.2 Å². The lowest BCUT2D eigenvalue weighted by atomic mass is 10.3. The fourth-order valence-corrected chi connectivity index (χ4v) is 1.79. The van der Waals surface area contributed by atoms with Crippen LogP contribution in [0.3, 0.4) is 0 Å². The minimum atomic E-state index is 0.767. The van der Waals surface area contributed by atoms with Crippen molar-refractivity contribution in [3.05, 3.63) is 6.42 Å². The predicted molar refractivity (Wildman–Crippen MR) is 39.1 cm³/mol. The minimum absolute atomic E-state index is 0.767. The highest BCUT2D eigenvalue weighted by molar-refractivity contribution is 8.00. The molecule has 1 rings (SSSR count). The fourth-order valence-electron chi connectivity index (χ4n) is 0.800. The summed E-state index contributed by atoms with van der Waals surface area (Å²) < 4.78 is 0. The first kappa shape index (κ1) is 6.43. The molecule has 1 saturated heterocycles. The summed E-state index contributed by atoms with van der Waals surface area (Å²) in [5.74, 6) is 1.27. The highest BCUT2D eigenvalue weighted by Gasteiger charge is 2.09. The van der Waals surface area contributed by atoms with Gasteiger partial charge in [0.25, 0.3) is 0 Å². The van der Waals surface area contributed by atoms with Crippen LogP contribution < -0.4 is 5.32 Å². The molecule has 0 bridgehead atoms. The van der Waals surface area contributed by atoms with Gasteiger partial charge in [0.2, 0.25) is 0 Å². The van der Waals surface area contributed by atoms with Crippen LogP contribution in [0.15, 0.2) is 0 Å². The van der Waals surface area contributed by atoms with Gasteiger partial charge >= 0.3 is 0 Å². The molecule has 1 fully saturated rings. The molecule has 0 spiro atoms. The Morgan fingerprint density at radius 2 is 2.62 bits per heavy atom. The number of hydrogen-bond acceptors (Lipinski definition) is 2. The lowest BCUT2D eigenvalue weighted by Crippen LogP contribution is -2.32. The molecule has 1 atom stereocenters. The van der Waals surface area contributed by atoms with Crippen LogP contribution in [-0.2, 0) is 0 Å². The zero-order chi connectivity index (χ0) is 5.82. The second-order valence-electron chi connectivity index (χ2n) is 1.95. The molecule has 1 N–H and O–H groups in total. The molecule has 1 radical (unpaired) electrons. The maximum atomic E-state index is 3.33. The van der Waals surface area contributed by atoms with E-state index in [1.165, 1.54) is 18.8 Å². The van der Waals surface area contributed by atoms with E-state index in [1.807, 2.05) is 11.8 Å². The Morgan fingerprint density at radius 1 is 1.75 bits per heavy atom. The van der Waals surface area contributed by atoms with Gasteiger partial charge in [-0.2, -0.15) is 11.8 Å². The van der Waals surface area contributed by atoms with Gasteiger partial charge < -0.3 is 5.32 Å². The Balaban J connectivity index is 2.13. The van der Waals surface area contributed by atoms with Crippen LogP contribution in [0, 0.1) is 6.42 Å². The van der Waals surface area contributed by atoms with Crippen LogP contribution in [-0.4, -0.2) is 24.1 Å². The standard InChI is InChI=1S/C6H12NS/c1-2-6-5-7-3-4-8-6/h2,6-7H,3-5H2,1H3. The third-order valence-electron chi connectivity index (χ3n) is 1.33. The molecule has 1 aliphatic rings. The van der Waals surface area contributed by atoms with Crippen molar-refractivity contribution in [2.45, 2.75) is 12.2 Å². The summed E-state index contributed by atoms with van der Waals surface area (Å²) in [5, 5.41) is 4.10. The Hall–Kier alpha value is 0.310. The summed E-state index contributed by atoms with van der Waals surface area (Å²) in [4.78, 5) is 0. The SMILES string of the molecule is C[CH]C1CNCCS1. The molecule has 0 aromatic carbocycles. The van der Waals surface area contributed by atoms with Crippen molar-refractivity contribution in [1.82, 2.24) is 5.32 Å². The van der Waals surface area contributed by atoms with E-state index in [1.54, 1.807) is 0 Å². The summed E-state index contributed by atoms with van der Waals surface area (Å²) in [6, 6.07) is 0. The number of nitrogens with one attached hydrogen (secondary N) is 1. The average Bonchev–Trinajstić information content (AvgIpc) is 1.90. The average molecular weight is 130 g/mol. The number of thioether (sulfide) groups is 1. The minimum Gasteiger partial charge on any atom is -0.315 e. The molecular formula is C6H12NS. The lowest BCUT2D eigenvalue weighted by Gasteiger charge is -2.19. The molecule has 1 aliphatic heterocycles. The molecule has 0 aromatic rings. The smallest absolute Gasteiger partial charge is 0.0201 e. The Bertz CT molecular complexity index is 59.5. The molecule has 8 heavy (non-hydrogen) atoms.